The zero-order chi connectivity index (χ0) is 15.1. The number of carbonyl (C=O) groups excluding carboxylic acids is 2. The smallest absolute Gasteiger partial charge is 0.249 e. The summed E-state index contributed by atoms with van der Waals surface area (Å²) < 4.78 is 5.42. The Morgan fingerprint density at radius 1 is 1.29 bits per heavy atom. The van der Waals surface area contributed by atoms with Crippen LogP contribution in [0.1, 0.15) is 44.9 Å². The summed E-state index contributed by atoms with van der Waals surface area (Å²) in [5.74, 6) is -0.0542. The van der Waals surface area contributed by atoms with E-state index in [1.54, 1.807) is 4.90 Å². The fourth-order valence-corrected chi connectivity index (χ4v) is 2.60. The van der Waals surface area contributed by atoms with Crippen LogP contribution in [0.25, 0.3) is 0 Å². The Bertz CT molecular complexity index is 380. The van der Waals surface area contributed by atoms with Gasteiger partial charge in [0.05, 0.1) is 0 Å². The van der Waals surface area contributed by atoms with Crippen LogP contribution in [0.5, 0.6) is 0 Å². The third-order valence-electron chi connectivity index (χ3n) is 3.97. The number of unbranched alkanes of at least 4 members (excludes halogenated alkanes) is 2. The number of hydrogen-bond acceptors (Lipinski definition) is 3. The maximum absolute atomic E-state index is 12.2. The van der Waals surface area contributed by atoms with Crippen molar-refractivity contribution in [3.8, 4) is 0 Å². The van der Waals surface area contributed by atoms with Gasteiger partial charge in [-0.1, -0.05) is 6.08 Å². The third kappa shape index (κ3) is 5.16. The number of allylic oxidation sites excluding steroid dienone is 1. The molecule has 0 aromatic rings. The highest BCUT2D eigenvalue weighted by atomic mass is 16.5. The van der Waals surface area contributed by atoms with Gasteiger partial charge in [-0.05, 0) is 44.9 Å². The molecule has 0 radical (unpaired) electrons. The molecule has 0 spiro atoms. The van der Waals surface area contributed by atoms with E-state index in [4.69, 9.17) is 4.74 Å². The van der Waals surface area contributed by atoms with Crippen molar-refractivity contribution in [3.05, 3.63) is 12.7 Å². The number of nitrogens with zero attached hydrogens (tertiary/aromatic N) is 1. The predicted octanol–water partition coefficient (Wildman–Crippen LogP) is 1.63. The molecule has 118 valence electrons. The van der Waals surface area contributed by atoms with Crippen molar-refractivity contribution in [1.29, 1.82) is 0 Å². The molecule has 1 atom stereocenters. The van der Waals surface area contributed by atoms with Gasteiger partial charge < -0.3 is 15.0 Å². The molecule has 5 heteroatoms. The molecule has 0 bridgehead atoms. The minimum Gasteiger partial charge on any atom is -0.372 e. The van der Waals surface area contributed by atoms with E-state index < -0.39 is 0 Å². The van der Waals surface area contributed by atoms with E-state index in [0.29, 0.717) is 19.2 Å². The average Bonchev–Trinajstić information content (AvgIpc) is 3.14. The van der Waals surface area contributed by atoms with Crippen molar-refractivity contribution in [3.63, 3.8) is 0 Å². The molecule has 1 saturated carbocycles. The summed E-state index contributed by atoms with van der Waals surface area (Å²) in [6.45, 7) is 5.01. The molecule has 2 fully saturated rings. The molecule has 1 saturated heterocycles. The predicted molar refractivity (Wildman–Crippen MR) is 80.8 cm³/mol. The van der Waals surface area contributed by atoms with Gasteiger partial charge in [0.2, 0.25) is 11.8 Å². The van der Waals surface area contributed by atoms with Gasteiger partial charge in [-0.15, -0.1) is 6.58 Å². The van der Waals surface area contributed by atoms with Gasteiger partial charge in [0.25, 0.3) is 0 Å². The first-order valence-electron chi connectivity index (χ1n) is 8.01. The van der Waals surface area contributed by atoms with Crippen LogP contribution in [0.4, 0.5) is 0 Å². The van der Waals surface area contributed by atoms with Crippen LogP contribution >= 0.6 is 0 Å². The lowest BCUT2D eigenvalue weighted by Gasteiger charge is -2.24. The van der Waals surface area contributed by atoms with Gasteiger partial charge in [-0.2, -0.15) is 0 Å². The highest BCUT2D eigenvalue weighted by Crippen LogP contribution is 2.22. The maximum Gasteiger partial charge on any atom is 0.249 e. The Morgan fingerprint density at radius 2 is 2.10 bits per heavy atom. The van der Waals surface area contributed by atoms with Crippen molar-refractivity contribution in [2.45, 2.75) is 57.0 Å². The van der Waals surface area contributed by atoms with E-state index in [2.05, 4.69) is 11.9 Å². The molecule has 2 rings (SSSR count). The topological polar surface area (TPSA) is 58.6 Å². The van der Waals surface area contributed by atoms with Gasteiger partial charge in [-0.3, -0.25) is 9.59 Å². The standard InChI is InChI=1S/C16H26N2O3/c1-2-3-4-5-11-21-12-15(19)18-10-6-7-14(18)16(20)17-13-8-9-13/h2,13-14H,1,3-12H2,(H,17,20). The Balaban J connectivity index is 1.67. The second kappa shape index (κ2) is 8.17. The number of nitrogens with one attached hydrogen (secondary N) is 1. The summed E-state index contributed by atoms with van der Waals surface area (Å²) in [6, 6.07) is 0.0543. The fourth-order valence-electron chi connectivity index (χ4n) is 2.60. The summed E-state index contributed by atoms with van der Waals surface area (Å²) in [6.07, 6.45) is 8.64. The summed E-state index contributed by atoms with van der Waals surface area (Å²) >= 11 is 0. The van der Waals surface area contributed by atoms with Crippen LogP contribution < -0.4 is 5.32 Å². The number of hydrogen-bond donors (Lipinski definition) is 1. The van der Waals surface area contributed by atoms with E-state index in [0.717, 1.165) is 44.9 Å². The van der Waals surface area contributed by atoms with Crippen molar-refractivity contribution >= 4 is 11.8 Å². The van der Waals surface area contributed by atoms with Crippen molar-refractivity contribution in [1.82, 2.24) is 10.2 Å². The summed E-state index contributed by atoms with van der Waals surface area (Å²) in [5.41, 5.74) is 0. The van der Waals surface area contributed by atoms with Crippen LogP contribution in [-0.4, -0.2) is 48.6 Å². The van der Waals surface area contributed by atoms with Crippen LogP contribution in [0.2, 0.25) is 0 Å². The third-order valence-corrected chi connectivity index (χ3v) is 3.97. The molecule has 0 aromatic carbocycles. The molecule has 1 aliphatic heterocycles. The molecular formula is C16H26N2O3. The average molecular weight is 294 g/mol. The first-order chi connectivity index (χ1) is 10.2. The van der Waals surface area contributed by atoms with E-state index in [1.807, 2.05) is 6.08 Å². The molecule has 1 aliphatic carbocycles. The zero-order valence-electron chi connectivity index (χ0n) is 12.7. The van der Waals surface area contributed by atoms with E-state index in [-0.39, 0.29) is 24.5 Å². The zero-order valence-corrected chi connectivity index (χ0v) is 12.7. The van der Waals surface area contributed by atoms with Crippen LogP contribution in [-0.2, 0) is 14.3 Å². The monoisotopic (exact) mass is 294 g/mol. The van der Waals surface area contributed by atoms with E-state index in [9.17, 15) is 9.59 Å². The lowest BCUT2D eigenvalue weighted by Crippen LogP contribution is -2.47. The van der Waals surface area contributed by atoms with Gasteiger partial charge >= 0.3 is 0 Å². The number of likely N-dealkylation sites (tertiary alicyclic amines) is 1. The normalized spacial score (nSPS) is 21.3. The molecule has 0 aromatic heterocycles. The first kappa shape index (κ1) is 16.0. The Kier molecular flexibility index (Phi) is 6.23. The molecule has 5 nitrogen and oxygen atoms in total. The van der Waals surface area contributed by atoms with Crippen molar-refractivity contribution in [2.24, 2.45) is 0 Å². The summed E-state index contributed by atoms with van der Waals surface area (Å²) in [4.78, 5) is 25.9. The number of ether oxygens (including phenoxy) is 1. The molecule has 1 heterocycles. The highest BCUT2D eigenvalue weighted by Gasteiger charge is 2.36. The van der Waals surface area contributed by atoms with Crippen molar-refractivity contribution < 1.29 is 14.3 Å². The van der Waals surface area contributed by atoms with Gasteiger partial charge in [0, 0.05) is 19.2 Å². The van der Waals surface area contributed by atoms with Crippen LogP contribution in [0.15, 0.2) is 12.7 Å². The Hall–Kier alpha value is -1.36. The minimum absolute atomic E-state index is 0.00864. The van der Waals surface area contributed by atoms with Crippen LogP contribution in [0.3, 0.4) is 0 Å². The lowest BCUT2D eigenvalue weighted by molar-refractivity contribution is -0.142. The van der Waals surface area contributed by atoms with Gasteiger partial charge in [0.1, 0.15) is 12.6 Å². The van der Waals surface area contributed by atoms with Crippen LogP contribution in [0, 0.1) is 0 Å². The second-order valence-electron chi connectivity index (χ2n) is 5.87. The Morgan fingerprint density at radius 3 is 2.81 bits per heavy atom. The fraction of sp³-hybridized carbons (Fsp3) is 0.750. The quantitative estimate of drug-likeness (QED) is 0.519. The summed E-state index contributed by atoms with van der Waals surface area (Å²) in [7, 11) is 0. The SMILES string of the molecule is C=CCCCCOCC(=O)N1CCCC1C(=O)NC1CC1. The molecule has 2 aliphatic rings. The van der Waals surface area contributed by atoms with Crippen molar-refractivity contribution in [2.75, 3.05) is 19.8 Å². The maximum atomic E-state index is 12.2. The van der Waals surface area contributed by atoms with Gasteiger partial charge in [0.15, 0.2) is 0 Å². The molecule has 1 N–H and O–H groups in total. The molecule has 21 heavy (non-hydrogen) atoms. The molecule has 2 amide bonds. The van der Waals surface area contributed by atoms with E-state index in [1.165, 1.54) is 0 Å². The molecular weight excluding hydrogens is 268 g/mol. The van der Waals surface area contributed by atoms with Gasteiger partial charge in [-0.25, -0.2) is 0 Å². The highest BCUT2D eigenvalue weighted by molar-refractivity contribution is 5.89. The lowest BCUT2D eigenvalue weighted by atomic mass is 10.2. The largest absolute Gasteiger partial charge is 0.372 e. The number of amides is 2. The Labute approximate surface area is 126 Å². The number of rotatable bonds is 9. The first-order valence-corrected chi connectivity index (χ1v) is 8.01. The molecule has 1 unspecified atom stereocenters. The number of carbonyl (C=O) groups is 2. The van der Waals surface area contributed by atoms with E-state index >= 15 is 0 Å². The minimum atomic E-state index is -0.289. The second-order valence-corrected chi connectivity index (χ2v) is 5.87. The summed E-state index contributed by atoms with van der Waals surface area (Å²) in [5, 5.41) is 2.99.